The van der Waals surface area contributed by atoms with Crippen molar-refractivity contribution >= 4 is 5.96 Å². The second-order valence-electron chi connectivity index (χ2n) is 5.99. The van der Waals surface area contributed by atoms with Crippen molar-refractivity contribution in [3.8, 4) is 0 Å². The monoisotopic (exact) mass is 297 g/mol. The maximum atomic E-state index is 4.75. The molecule has 1 rings (SSSR count). The molecule has 0 radical (unpaired) electrons. The lowest BCUT2D eigenvalue weighted by Crippen LogP contribution is -2.50. The predicted molar refractivity (Wildman–Crippen MR) is 92.0 cm³/mol. The van der Waals surface area contributed by atoms with E-state index < -0.39 is 0 Å². The van der Waals surface area contributed by atoms with Crippen molar-refractivity contribution in [2.45, 2.75) is 53.1 Å². The summed E-state index contributed by atoms with van der Waals surface area (Å²) in [5.74, 6) is 0.950. The van der Waals surface area contributed by atoms with Crippen molar-refractivity contribution in [3.05, 3.63) is 0 Å². The average molecular weight is 297 g/mol. The van der Waals surface area contributed by atoms with E-state index in [0.717, 1.165) is 25.5 Å². The molecule has 0 aromatic heterocycles. The first kappa shape index (κ1) is 18.2. The number of hydrogen-bond acceptors (Lipinski definition) is 3. The van der Waals surface area contributed by atoms with Gasteiger partial charge in [0.25, 0.3) is 0 Å². The average Bonchev–Trinajstić information content (AvgIpc) is 2.52. The Morgan fingerprint density at radius 1 is 1.10 bits per heavy atom. The van der Waals surface area contributed by atoms with Crippen molar-refractivity contribution in [1.82, 2.24) is 20.4 Å². The molecule has 21 heavy (non-hydrogen) atoms. The van der Waals surface area contributed by atoms with E-state index in [4.69, 9.17) is 4.99 Å². The first-order chi connectivity index (χ1) is 10.1. The molecule has 0 aliphatic carbocycles. The minimum Gasteiger partial charge on any atom is -0.357 e. The quantitative estimate of drug-likeness (QED) is 0.550. The summed E-state index contributed by atoms with van der Waals surface area (Å²) in [5, 5.41) is 6.79. The normalized spacial score (nSPS) is 21.1. The van der Waals surface area contributed by atoms with Crippen molar-refractivity contribution in [1.29, 1.82) is 0 Å². The van der Waals surface area contributed by atoms with Gasteiger partial charge in [0, 0.05) is 44.8 Å². The van der Waals surface area contributed by atoms with Gasteiger partial charge in [-0.25, -0.2) is 0 Å². The summed E-state index contributed by atoms with van der Waals surface area (Å²) in [5.41, 5.74) is 0. The highest BCUT2D eigenvalue weighted by molar-refractivity contribution is 5.80. The fraction of sp³-hybridized carbons (Fsp3) is 0.938. The maximum Gasteiger partial charge on any atom is 0.191 e. The van der Waals surface area contributed by atoms with Gasteiger partial charge in [0.1, 0.15) is 0 Å². The molecular weight excluding hydrogens is 262 g/mol. The topological polar surface area (TPSA) is 42.9 Å². The van der Waals surface area contributed by atoms with E-state index >= 15 is 0 Å². The van der Waals surface area contributed by atoms with E-state index in [9.17, 15) is 0 Å². The number of likely N-dealkylation sites (N-methyl/N-ethyl adjacent to an activating group) is 1. The molecule has 1 aliphatic heterocycles. The van der Waals surface area contributed by atoms with E-state index in [1.165, 1.54) is 32.7 Å². The summed E-state index contributed by atoms with van der Waals surface area (Å²) in [6.07, 6.45) is 1.11. The predicted octanol–water partition coefficient (Wildman–Crippen LogP) is 1.37. The second-order valence-corrected chi connectivity index (χ2v) is 5.99. The molecule has 1 fully saturated rings. The minimum atomic E-state index is 0.464. The van der Waals surface area contributed by atoms with Crippen LogP contribution in [0.5, 0.6) is 0 Å². The molecule has 2 N–H and O–H groups in total. The molecule has 5 heteroatoms. The van der Waals surface area contributed by atoms with E-state index in [1.807, 2.05) is 0 Å². The maximum absolute atomic E-state index is 4.75. The highest BCUT2D eigenvalue weighted by Crippen LogP contribution is 2.06. The van der Waals surface area contributed by atoms with Crippen LogP contribution in [0.1, 0.15) is 41.0 Å². The Morgan fingerprint density at radius 3 is 2.29 bits per heavy atom. The van der Waals surface area contributed by atoms with E-state index in [0.29, 0.717) is 12.1 Å². The Hall–Kier alpha value is -0.810. The Labute approximate surface area is 131 Å². The van der Waals surface area contributed by atoms with Crippen LogP contribution in [0.25, 0.3) is 0 Å². The molecule has 2 atom stereocenters. The van der Waals surface area contributed by atoms with Crippen molar-refractivity contribution in [2.24, 2.45) is 4.99 Å². The van der Waals surface area contributed by atoms with Gasteiger partial charge in [-0.2, -0.15) is 0 Å². The Kier molecular flexibility index (Phi) is 8.69. The lowest BCUT2D eigenvalue weighted by molar-refractivity contribution is 0.109. The highest BCUT2D eigenvalue weighted by atomic mass is 15.3. The minimum absolute atomic E-state index is 0.464. The summed E-state index contributed by atoms with van der Waals surface area (Å²) in [6, 6.07) is 0.975. The number of guanidine groups is 1. The van der Waals surface area contributed by atoms with Crippen molar-refractivity contribution < 1.29 is 0 Å². The first-order valence-corrected chi connectivity index (χ1v) is 8.61. The van der Waals surface area contributed by atoms with Crippen molar-refractivity contribution in [3.63, 3.8) is 0 Å². The van der Waals surface area contributed by atoms with Crippen molar-refractivity contribution in [2.75, 3.05) is 45.8 Å². The van der Waals surface area contributed by atoms with Crippen LogP contribution in [0.2, 0.25) is 0 Å². The van der Waals surface area contributed by atoms with E-state index in [-0.39, 0.29) is 0 Å². The summed E-state index contributed by atoms with van der Waals surface area (Å²) in [6.45, 7) is 18.7. The van der Waals surface area contributed by atoms with Crippen LogP contribution in [0.15, 0.2) is 4.99 Å². The number of aliphatic imine (C=N–C) groups is 1. The largest absolute Gasteiger partial charge is 0.357 e. The SMILES string of the molecule is CCNC(=NCC(C)N1CCN(CC)CC1)NC(C)CC. The van der Waals surface area contributed by atoms with Crippen LogP contribution < -0.4 is 10.6 Å². The molecular formula is C16H35N5. The van der Waals surface area contributed by atoms with E-state index in [2.05, 4.69) is 55.1 Å². The van der Waals surface area contributed by atoms with Crippen LogP contribution in [0, 0.1) is 0 Å². The van der Waals surface area contributed by atoms with Gasteiger partial charge in [-0.3, -0.25) is 9.89 Å². The van der Waals surface area contributed by atoms with Crippen LogP contribution in [0.3, 0.4) is 0 Å². The van der Waals surface area contributed by atoms with Gasteiger partial charge < -0.3 is 15.5 Å². The smallest absolute Gasteiger partial charge is 0.191 e. The molecule has 124 valence electrons. The molecule has 0 aromatic rings. The highest BCUT2D eigenvalue weighted by Gasteiger charge is 2.19. The zero-order valence-corrected chi connectivity index (χ0v) is 14.7. The lowest BCUT2D eigenvalue weighted by Gasteiger charge is -2.37. The summed E-state index contributed by atoms with van der Waals surface area (Å²) >= 11 is 0. The van der Waals surface area contributed by atoms with Gasteiger partial charge in [0.05, 0.1) is 6.54 Å². The molecule has 2 unspecified atom stereocenters. The number of piperazine rings is 1. The fourth-order valence-electron chi connectivity index (χ4n) is 2.51. The van der Waals surface area contributed by atoms with Crippen LogP contribution in [-0.2, 0) is 0 Å². The van der Waals surface area contributed by atoms with Gasteiger partial charge in [-0.1, -0.05) is 13.8 Å². The third-order valence-electron chi connectivity index (χ3n) is 4.33. The zero-order chi connectivity index (χ0) is 15.7. The Balaban J connectivity index is 2.43. The van der Waals surface area contributed by atoms with Gasteiger partial charge in [-0.15, -0.1) is 0 Å². The van der Waals surface area contributed by atoms with Crippen LogP contribution in [0.4, 0.5) is 0 Å². The third kappa shape index (κ3) is 6.66. The van der Waals surface area contributed by atoms with Crippen LogP contribution in [-0.4, -0.2) is 73.7 Å². The summed E-state index contributed by atoms with van der Waals surface area (Å²) < 4.78 is 0. The number of rotatable bonds is 7. The van der Waals surface area contributed by atoms with E-state index in [1.54, 1.807) is 0 Å². The Morgan fingerprint density at radius 2 is 1.76 bits per heavy atom. The molecule has 0 aromatic carbocycles. The lowest BCUT2D eigenvalue weighted by atomic mass is 10.2. The molecule has 0 bridgehead atoms. The fourth-order valence-corrected chi connectivity index (χ4v) is 2.51. The number of nitrogens with zero attached hydrogens (tertiary/aromatic N) is 3. The molecule has 0 spiro atoms. The third-order valence-corrected chi connectivity index (χ3v) is 4.33. The zero-order valence-electron chi connectivity index (χ0n) is 14.7. The van der Waals surface area contributed by atoms with Gasteiger partial charge in [0.15, 0.2) is 5.96 Å². The van der Waals surface area contributed by atoms with Gasteiger partial charge >= 0.3 is 0 Å². The van der Waals surface area contributed by atoms with Crippen LogP contribution >= 0.6 is 0 Å². The Bertz CT molecular complexity index is 297. The standard InChI is InChI=1S/C16H35N5/c1-6-14(4)19-16(17-7-2)18-13-15(5)21-11-9-20(8-3)10-12-21/h14-15H,6-13H2,1-5H3,(H2,17,18,19). The summed E-state index contributed by atoms with van der Waals surface area (Å²) in [4.78, 5) is 9.83. The number of hydrogen-bond donors (Lipinski definition) is 2. The molecule has 1 aliphatic rings. The second kappa shape index (κ2) is 10.0. The summed E-state index contributed by atoms with van der Waals surface area (Å²) in [7, 11) is 0. The first-order valence-electron chi connectivity index (χ1n) is 8.61. The molecule has 1 heterocycles. The van der Waals surface area contributed by atoms with Gasteiger partial charge in [0.2, 0.25) is 0 Å². The molecule has 1 saturated heterocycles. The van der Waals surface area contributed by atoms with Gasteiger partial charge in [-0.05, 0) is 33.7 Å². The molecule has 0 saturated carbocycles. The molecule has 5 nitrogen and oxygen atoms in total. The number of nitrogens with one attached hydrogen (secondary N) is 2. The molecule has 0 amide bonds.